The lowest BCUT2D eigenvalue weighted by Gasteiger charge is -2.00. The summed E-state index contributed by atoms with van der Waals surface area (Å²) in [5, 5.41) is 5.54. The van der Waals surface area contributed by atoms with E-state index in [0.717, 1.165) is 19.5 Å². The smallest absolute Gasteiger partial charge is 0.0220 e. The van der Waals surface area contributed by atoms with Crippen molar-refractivity contribution in [2.24, 2.45) is 0 Å². The zero-order valence-corrected chi connectivity index (χ0v) is 8.81. The molecular weight excluding hydrogens is 192 g/mol. The van der Waals surface area contributed by atoms with Gasteiger partial charge in [0.15, 0.2) is 0 Å². The number of H-pyrrole nitrogens is 1. The van der Waals surface area contributed by atoms with Gasteiger partial charge in [0.2, 0.25) is 0 Å². The standard InChI is InChI=1S/C11H14N2S/c1-2-11(14-7-1)4-6-13-9-10-3-5-12-8-10/h1-3,5,7-8,12-13H,4,6,9H2. The molecule has 0 aliphatic heterocycles. The summed E-state index contributed by atoms with van der Waals surface area (Å²) in [5.41, 5.74) is 1.32. The molecule has 0 saturated carbocycles. The van der Waals surface area contributed by atoms with E-state index < -0.39 is 0 Å². The summed E-state index contributed by atoms with van der Waals surface area (Å²) >= 11 is 1.82. The largest absolute Gasteiger partial charge is 0.367 e. The van der Waals surface area contributed by atoms with Crippen molar-refractivity contribution in [2.45, 2.75) is 13.0 Å². The fraction of sp³-hybridized carbons (Fsp3) is 0.273. The van der Waals surface area contributed by atoms with Crippen molar-refractivity contribution in [3.8, 4) is 0 Å². The Kier molecular flexibility index (Phi) is 3.38. The van der Waals surface area contributed by atoms with E-state index in [9.17, 15) is 0 Å². The van der Waals surface area contributed by atoms with Crippen molar-refractivity contribution in [1.82, 2.24) is 10.3 Å². The monoisotopic (exact) mass is 206 g/mol. The summed E-state index contributed by atoms with van der Waals surface area (Å²) in [6, 6.07) is 6.38. The molecule has 0 unspecified atom stereocenters. The van der Waals surface area contributed by atoms with Crippen LogP contribution in [0.1, 0.15) is 10.4 Å². The second-order valence-corrected chi connectivity index (χ2v) is 4.26. The number of nitrogens with one attached hydrogen (secondary N) is 2. The van der Waals surface area contributed by atoms with E-state index in [1.807, 2.05) is 23.7 Å². The molecule has 2 nitrogen and oxygen atoms in total. The highest BCUT2D eigenvalue weighted by molar-refractivity contribution is 7.09. The average Bonchev–Trinajstić information content (AvgIpc) is 2.86. The van der Waals surface area contributed by atoms with Gasteiger partial charge >= 0.3 is 0 Å². The lowest BCUT2D eigenvalue weighted by atomic mass is 10.3. The number of hydrogen-bond acceptors (Lipinski definition) is 2. The molecule has 0 saturated heterocycles. The van der Waals surface area contributed by atoms with Crippen LogP contribution < -0.4 is 5.32 Å². The van der Waals surface area contributed by atoms with Crippen LogP contribution in [0.3, 0.4) is 0 Å². The van der Waals surface area contributed by atoms with Crippen LogP contribution in [-0.4, -0.2) is 11.5 Å². The minimum Gasteiger partial charge on any atom is -0.367 e. The number of aromatic amines is 1. The molecule has 2 N–H and O–H groups in total. The molecule has 2 heterocycles. The van der Waals surface area contributed by atoms with Gasteiger partial charge in [-0.05, 0) is 29.5 Å². The Labute approximate surface area is 88.0 Å². The molecule has 14 heavy (non-hydrogen) atoms. The molecule has 3 heteroatoms. The molecule has 0 aliphatic carbocycles. The summed E-state index contributed by atoms with van der Waals surface area (Å²) < 4.78 is 0. The molecule has 74 valence electrons. The van der Waals surface area contributed by atoms with Crippen LogP contribution >= 0.6 is 11.3 Å². The quantitative estimate of drug-likeness (QED) is 0.722. The van der Waals surface area contributed by atoms with E-state index in [-0.39, 0.29) is 0 Å². The molecule has 0 bridgehead atoms. The van der Waals surface area contributed by atoms with E-state index in [2.05, 4.69) is 33.9 Å². The predicted octanol–water partition coefficient (Wildman–Crippen LogP) is 2.41. The van der Waals surface area contributed by atoms with Crippen LogP contribution in [-0.2, 0) is 13.0 Å². The molecule has 0 atom stereocenters. The number of hydrogen-bond donors (Lipinski definition) is 2. The van der Waals surface area contributed by atoms with Crippen molar-refractivity contribution >= 4 is 11.3 Å². The van der Waals surface area contributed by atoms with Gasteiger partial charge in [-0.25, -0.2) is 0 Å². The van der Waals surface area contributed by atoms with Gasteiger partial charge < -0.3 is 10.3 Å². The Morgan fingerprint density at radius 1 is 1.36 bits per heavy atom. The first kappa shape index (κ1) is 9.49. The second kappa shape index (κ2) is 4.98. The Morgan fingerprint density at radius 3 is 3.07 bits per heavy atom. The Balaban J connectivity index is 1.65. The maximum Gasteiger partial charge on any atom is 0.0220 e. The first-order chi connectivity index (χ1) is 6.95. The van der Waals surface area contributed by atoms with Crippen molar-refractivity contribution < 1.29 is 0 Å². The highest BCUT2D eigenvalue weighted by atomic mass is 32.1. The Hall–Kier alpha value is -1.06. The number of rotatable bonds is 5. The lowest BCUT2D eigenvalue weighted by molar-refractivity contribution is 0.691. The maximum atomic E-state index is 3.41. The van der Waals surface area contributed by atoms with Gasteiger partial charge in [-0.1, -0.05) is 6.07 Å². The number of aromatic nitrogens is 1. The van der Waals surface area contributed by atoms with Gasteiger partial charge in [0.05, 0.1) is 0 Å². The van der Waals surface area contributed by atoms with Gasteiger partial charge in [-0.2, -0.15) is 0 Å². The Morgan fingerprint density at radius 2 is 2.36 bits per heavy atom. The predicted molar refractivity (Wildman–Crippen MR) is 60.5 cm³/mol. The topological polar surface area (TPSA) is 27.8 Å². The van der Waals surface area contributed by atoms with E-state index in [1.54, 1.807) is 0 Å². The normalized spacial score (nSPS) is 10.6. The van der Waals surface area contributed by atoms with Crippen LogP contribution in [0.5, 0.6) is 0 Å². The lowest BCUT2D eigenvalue weighted by Crippen LogP contribution is -2.15. The van der Waals surface area contributed by atoms with E-state index in [4.69, 9.17) is 0 Å². The second-order valence-electron chi connectivity index (χ2n) is 3.23. The fourth-order valence-corrected chi connectivity index (χ4v) is 2.08. The molecule has 0 spiro atoms. The fourth-order valence-electron chi connectivity index (χ4n) is 1.37. The highest BCUT2D eigenvalue weighted by Gasteiger charge is 1.94. The zero-order chi connectivity index (χ0) is 9.64. The summed E-state index contributed by atoms with van der Waals surface area (Å²) in [6.45, 7) is 2.00. The SMILES string of the molecule is c1csc(CCNCc2cc[nH]c2)c1. The summed E-state index contributed by atoms with van der Waals surface area (Å²) in [4.78, 5) is 4.50. The minimum atomic E-state index is 0.953. The van der Waals surface area contributed by atoms with E-state index in [1.165, 1.54) is 10.4 Å². The molecule has 0 fully saturated rings. The van der Waals surface area contributed by atoms with Crippen LogP contribution in [0.25, 0.3) is 0 Å². The molecule has 0 aliphatic rings. The molecular formula is C11H14N2S. The van der Waals surface area contributed by atoms with Crippen LogP contribution in [0.4, 0.5) is 0 Å². The van der Waals surface area contributed by atoms with Crippen molar-refractivity contribution in [1.29, 1.82) is 0 Å². The average molecular weight is 206 g/mol. The van der Waals surface area contributed by atoms with Crippen LogP contribution in [0.15, 0.2) is 36.0 Å². The van der Waals surface area contributed by atoms with Gasteiger partial charge in [-0.15, -0.1) is 11.3 Å². The van der Waals surface area contributed by atoms with Gasteiger partial charge in [0.1, 0.15) is 0 Å². The van der Waals surface area contributed by atoms with Crippen LogP contribution in [0.2, 0.25) is 0 Å². The highest BCUT2D eigenvalue weighted by Crippen LogP contribution is 2.08. The minimum absolute atomic E-state index is 0.953. The molecule has 0 aromatic carbocycles. The first-order valence-electron chi connectivity index (χ1n) is 4.80. The van der Waals surface area contributed by atoms with E-state index >= 15 is 0 Å². The third kappa shape index (κ3) is 2.72. The van der Waals surface area contributed by atoms with Crippen molar-refractivity contribution in [3.05, 3.63) is 46.4 Å². The Bertz CT molecular complexity index is 301. The molecule has 2 aromatic rings. The molecule has 0 amide bonds. The summed E-state index contributed by atoms with van der Waals surface area (Å²) in [6.07, 6.45) is 5.11. The van der Waals surface area contributed by atoms with Crippen LogP contribution in [0, 0.1) is 0 Å². The number of thiophene rings is 1. The van der Waals surface area contributed by atoms with Gasteiger partial charge in [0.25, 0.3) is 0 Å². The third-order valence-corrected chi connectivity index (χ3v) is 3.06. The molecule has 2 rings (SSSR count). The first-order valence-corrected chi connectivity index (χ1v) is 5.68. The maximum absolute atomic E-state index is 3.41. The van der Waals surface area contributed by atoms with Gasteiger partial charge in [0, 0.05) is 30.4 Å². The summed E-state index contributed by atoms with van der Waals surface area (Å²) in [5.74, 6) is 0. The third-order valence-electron chi connectivity index (χ3n) is 2.12. The van der Waals surface area contributed by atoms with E-state index in [0.29, 0.717) is 0 Å². The molecule has 0 radical (unpaired) electrons. The molecule has 2 aromatic heterocycles. The van der Waals surface area contributed by atoms with Crippen molar-refractivity contribution in [2.75, 3.05) is 6.54 Å². The zero-order valence-electron chi connectivity index (χ0n) is 7.99. The van der Waals surface area contributed by atoms with Gasteiger partial charge in [-0.3, -0.25) is 0 Å². The van der Waals surface area contributed by atoms with Crippen molar-refractivity contribution in [3.63, 3.8) is 0 Å². The summed E-state index contributed by atoms with van der Waals surface area (Å²) in [7, 11) is 0.